The molecule has 88 valence electrons. The molecule has 1 aliphatic rings. The van der Waals surface area contributed by atoms with Crippen LogP contribution in [0.5, 0.6) is 0 Å². The highest BCUT2D eigenvalue weighted by Crippen LogP contribution is 2.06. The van der Waals surface area contributed by atoms with E-state index in [1.807, 2.05) is 30.3 Å². The number of hydrogen-bond donors (Lipinski definition) is 1. The van der Waals surface area contributed by atoms with Crippen LogP contribution in [-0.2, 0) is 22.1 Å². The summed E-state index contributed by atoms with van der Waals surface area (Å²) in [6, 6.07) is 9.97. The molecule has 1 atom stereocenters. The summed E-state index contributed by atoms with van der Waals surface area (Å²) in [6.07, 6.45) is 0. The predicted molar refractivity (Wildman–Crippen MR) is 65.5 cm³/mol. The molecule has 1 fully saturated rings. The summed E-state index contributed by atoms with van der Waals surface area (Å²) < 4.78 is 17.0. The average Bonchev–Trinajstić information content (AvgIpc) is 2.25. The largest absolute Gasteiger partial charge is 0.364 e. The Hall–Kier alpha value is -0.710. The lowest BCUT2D eigenvalue weighted by Gasteiger charge is -2.26. The van der Waals surface area contributed by atoms with Crippen molar-refractivity contribution in [2.24, 2.45) is 5.92 Å². The average molecular weight is 239 g/mol. The second-order valence-electron chi connectivity index (χ2n) is 4.08. The Bertz CT molecular complexity index is 338. The summed E-state index contributed by atoms with van der Waals surface area (Å²) in [4.78, 5) is 0. The first-order valence-corrected chi connectivity index (χ1v) is 7.01. The zero-order valence-corrected chi connectivity index (χ0v) is 10.0. The number of benzene rings is 1. The minimum Gasteiger partial charge on any atom is -0.364 e. The van der Waals surface area contributed by atoms with Gasteiger partial charge in [-0.15, -0.1) is 0 Å². The van der Waals surface area contributed by atoms with E-state index < -0.39 is 10.8 Å². The standard InChI is InChI=1S/C12H17NO2S/c14-16(9-12-6-13-7-12)10-15-8-11-4-2-1-3-5-11/h1-5,12-13H,6-10H2. The molecule has 1 aliphatic heterocycles. The first-order chi connectivity index (χ1) is 7.84. The van der Waals surface area contributed by atoms with Gasteiger partial charge in [-0.25, -0.2) is 0 Å². The van der Waals surface area contributed by atoms with E-state index in [9.17, 15) is 4.21 Å². The van der Waals surface area contributed by atoms with Crippen molar-refractivity contribution in [2.45, 2.75) is 6.61 Å². The molecule has 4 heteroatoms. The molecule has 0 spiro atoms. The van der Waals surface area contributed by atoms with Gasteiger partial charge in [-0.3, -0.25) is 4.21 Å². The zero-order chi connectivity index (χ0) is 11.2. The van der Waals surface area contributed by atoms with E-state index in [4.69, 9.17) is 4.74 Å². The Morgan fingerprint density at radius 1 is 1.31 bits per heavy atom. The van der Waals surface area contributed by atoms with Gasteiger partial charge in [-0.05, 0) is 11.5 Å². The van der Waals surface area contributed by atoms with E-state index >= 15 is 0 Å². The van der Waals surface area contributed by atoms with Crippen molar-refractivity contribution >= 4 is 10.8 Å². The van der Waals surface area contributed by atoms with E-state index in [0.717, 1.165) is 24.4 Å². The summed E-state index contributed by atoms with van der Waals surface area (Å²) >= 11 is 0. The Kier molecular flexibility index (Phi) is 4.51. The van der Waals surface area contributed by atoms with Crippen molar-refractivity contribution < 1.29 is 8.95 Å². The third kappa shape index (κ3) is 3.70. The molecule has 1 heterocycles. The molecule has 0 aliphatic carbocycles. The predicted octanol–water partition coefficient (Wildman–Crippen LogP) is 1.13. The van der Waals surface area contributed by atoms with Crippen LogP contribution in [0.25, 0.3) is 0 Å². The van der Waals surface area contributed by atoms with Crippen molar-refractivity contribution in [1.29, 1.82) is 0 Å². The topological polar surface area (TPSA) is 38.3 Å². The Morgan fingerprint density at radius 3 is 2.69 bits per heavy atom. The van der Waals surface area contributed by atoms with Gasteiger partial charge in [-0.1, -0.05) is 30.3 Å². The highest BCUT2D eigenvalue weighted by atomic mass is 32.2. The molecule has 0 saturated carbocycles. The molecule has 1 saturated heterocycles. The Balaban J connectivity index is 1.62. The minimum absolute atomic E-state index is 0.353. The molecule has 3 nitrogen and oxygen atoms in total. The highest BCUT2D eigenvalue weighted by Gasteiger charge is 2.19. The second kappa shape index (κ2) is 6.13. The normalized spacial score (nSPS) is 18.0. The minimum atomic E-state index is -0.835. The molecule has 1 aromatic carbocycles. The summed E-state index contributed by atoms with van der Waals surface area (Å²) in [5, 5.41) is 3.17. The van der Waals surface area contributed by atoms with Crippen LogP contribution in [0, 0.1) is 5.92 Å². The van der Waals surface area contributed by atoms with E-state index in [0.29, 0.717) is 18.5 Å². The van der Waals surface area contributed by atoms with Crippen LogP contribution in [0.15, 0.2) is 30.3 Å². The fourth-order valence-corrected chi connectivity index (χ4v) is 2.73. The van der Waals surface area contributed by atoms with E-state index in [1.54, 1.807) is 0 Å². The van der Waals surface area contributed by atoms with Gasteiger partial charge in [0.1, 0.15) is 5.94 Å². The molecule has 2 rings (SSSR count). The van der Waals surface area contributed by atoms with Crippen LogP contribution in [0.3, 0.4) is 0 Å². The first kappa shape index (κ1) is 11.8. The fraction of sp³-hybridized carbons (Fsp3) is 0.500. The van der Waals surface area contributed by atoms with Gasteiger partial charge in [0.05, 0.1) is 6.61 Å². The van der Waals surface area contributed by atoms with Gasteiger partial charge in [-0.2, -0.15) is 0 Å². The molecule has 0 aromatic heterocycles. The SMILES string of the molecule is O=S(COCc1ccccc1)CC1CNC1. The summed E-state index contributed by atoms with van der Waals surface area (Å²) in [5.41, 5.74) is 1.13. The van der Waals surface area contributed by atoms with Crippen molar-refractivity contribution in [1.82, 2.24) is 5.32 Å². The molecule has 1 unspecified atom stereocenters. The van der Waals surface area contributed by atoms with Crippen LogP contribution in [0.4, 0.5) is 0 Å². The van der Waals surface area contributed by atoms with Crippen LogP contribution in [0.1, 0.15) is 5.56 Å². The molecule has 0 amide bonds. The maximum Gasteiger partial charge on any atom is 0.122 e. The third-order valence-corrected chi connectivity index (χ3v) is 3.89. The Labute approximate surface area is 98.7 Å². The van der Waals surface area contributed by atoms with Crippen LogP contribution < -0.4 is 5.32 Å². The quantitative estimate of drug-likeness (QED) is 0.808. The van der Waals surface area contributed by atoms with Gasteiger partial charge in [0.2, 0.25) is 0 Å². The van der Waals surface area contributed by atoms with Crippen LogP contribution >= 0.6 is 0 Å². The second-order valence-corrected chi connectivity index (χ2v) is 5.53. The van der Waals surface area contributed by atoms with Crippen molar-refractivity contribution in [3.8, 4) is 0 Å². The lowest BCUT2D eigenvalue weighted by molar-refractivity contribution is 0.165. The van der Waals surface area contributed by atoms with Gasteiger partial charge >= 0.3 is 0 Å². The molecular weight excluding hydrogens is 222 g/mol. The van der Waals surface area contributed by atoms with Gasteiger partial charge < -0.3 is 10.1 Å². The zero-order valence-electron chi connectivity index (χ0n) is 9.22. The molecule has 16 heavy (non-hydrogen) atoms. The van der Waals surface area contributed by atoms with E-state index in [-0.39, 0.29) is 0 Å². The van der Waals surface area contributed by atoms with Gasteiger partial charge in [0.15, 0.2) is 0 Å². The molecule has 0 bridgehead atoms. The van der Waals surface area contributed by atoms with Crippen molar-refractivity contribution in [3.63, 3.8) is 0 Å². The van der Waals surface area contributed by atoms with Gasteiger partial charge in [0, 0.05) is 29.6 Å². The number of nitrogens with one attached hydrogen (secondary N) is 1. The Morgan fingerprint density at radius 2 is 2.06 bits per heavy atom. The number of hydrogen-bond acceptors (Lipinski definition) is 3. The smallest absolute Gasteiger partial charge is 0.122 e. The van der Waals surface area contributed by atoms with Crippen LogP contribution in [0.2, 0.25) is 0 Å². The van der Waals surface area contributed by atoms with Gasteiger partial charge in [0.25, 0.3) is 0 Å². The number of rotatable bonds is 6. The molecule has 0 radical (unpaired) electrons. The number of ether oxygens (including phenoxy) is 1. The molecule has 1 aromatic rings. The third-order valence-electron chi connectivity index (χ3n) is 2.61. The maximum atomic E-state index is 11.6. The fourth-order valence-electron chi connectivity index (χ4n) is 1.60. The lowest BCUT2D eigenvalue weighted by Crippen LogP contribution is -2.45. The van der Waals surface area contributed by atoms with E-state index in [1.165, 1.54) is 0 Å². The van der Waals surface area contributed by atoms with Crippen molar-refractivity contribution in [3.05, 3.63) is 35.9 Å². The monoisotopic (exact) mass is 239 g/mol. The van der Waals surface area contributed by atoms with E-state index in [2.05, 4.69) is 5.32 Å². The summed E-state index contributed by atoms with van der Waals surface area (Å²) in [6.45, 7) is 2.56. The summed E-state index contributed by atoms with van der Waals surface area (Å²) in [5.74, 6) is 1.70. The molecular formula is C12H17NO2S. The summed E-state index contributed by atoms with van der Waals surface area (Å²) in [7, 11) is -0.835. The van der Waals surface area contributed by atoms with Crippen LogP contribution in [-0.4, -0.2) is 29.0 Å². The highest BCUT2D eigenvalue weighted by molar-refractivity contribution is 7.84. The lowest BCUT2D eigenvalue weighted by atomic mass is 10.1. The first-order valence-electron chi connectivity index (χ1n) is 5.52. The maximum absolute atomic E-state index is 11.6. The molecule has 1 N–H and O–H groups in total. The van der Waals surface area contributed by atoms with Crippen molar-refractivity contribution in [2.75, 3.05) is 24.8 Å².